The number of benzene rings is 2. The zero-order valence-corrected chi connectivity index (χ0v) is 12.1. The molecule has 1 heterocycles. The van der Waals surface area contributed by atoms with Gasteiger partial charge >= 0.3 is 0 Å². The number of fused-ring (bicyclic) bond motifs is 1. The minimum absolute atomic E-state index is 0.0185. The van der Waals surface area contributed by atoms with Crippen molar-refractivity contribution in [2.24, 2.45) is 0 Å². The first kappa shape index (κ1) is 13.7. The maximum absolute atomic E-state index is 12.6. The molecular formula is C18H18O3. The van der Waals surface area contributed by atoms with Gasteiger partial charge < -0.3 is 9.47 Å². The molecule has 0 aromatic heterocycles. The van der Waals surface area contributed by atoms with E-state index in [1.807, 2.05) is 18.2 Å². The fraction of sp³-hybridized carbons (Fsp3) is 0.278. The molecule has 0 saturated carbocycles. The molecule has 1 aliphatic heterocycles. The van der Waals surface area contributed by atoms with Gasteiger partial charge in [-0.25, -0.2) is 0 Å². The highest BCUT2D eigenvalue weighted by Crippen LogP contribution is 2.31. The van der Waals surface area contributed by atoms with Gasteiger partial charge in [-0.3, -0.25) is 4.79 Å². The van der Waals surface area contributed by atoms with E-state index in [2.05, 4.69) is 13.0 Å². The van der Waals surface area contributed by atoms with Crippen LogP contribution >= 0.6 is 0 Å². The maximum Gasteiger partial charge on any atom is 0.193 e. The monoisotopic (exact) mass is 282 g/mol. The predicted octanol–water partition coefficient (Wildman–Crippen LogP) is 3.64. The van der Waals surface area contributed by atoms with Gasteiger partial charge in [0.2, 0.25) is 0 Å². The molecule has 0 bridgehead atoms. The molecule has 0 amide bonds. The summed E-state index contributed by atoms with van der Waals surface area (Å²) in [6, 6.07) is 13.2. The van der Waals surface area contributed by atoms with Crippen molar-refractivity contribution < 1.29 is 14.3 Å². The van der Waals surface area contributed by atoms with Gasteiger partial charge in [-0.1, -0.05) is 31.5 Å². The Hall–Kier alpha value is -2.29. The molecule has 21 heavy (non-hydrogen) atoms. The van der Waals surface area contributed by atoms with Crippen molar-refractivity contribution in [2.75, 3.05) is 13.2 Å². The average molecular weight is 282 g/mol. The van der Waals surface area contributed by atoms with Gasteiger partial charge in [0.25, 0.3) is 0 Å². The summed E-state index contributed by atoms with van der Waals surface area (Å²) in [5.41, 5.74) is 2.55. The second-order valence-electron chi connectivity index (χ2n) is 5.14. The van der Waals surface area contributed by atoms with Crippen molar-refractivity contribution in [1.29, 1.82) is 0 Å². The van der Waals surface area contributed by atoms with Crippen LogP contribution in [0, 0.1) is 0 Å². The second-order valence-corrected chi connectivity index (χ2v) is 5.14. The fourth-order valence-corrected chi connectivity index (χ4v) is 2.51. The van der Waals surface area contributed by atoms with E-state index in [-0.39, 0.29) is 5.78 Å². The van der Waals surface area contributed by atoms with Gasteiger partial charge in [0.1, 0.15) is 13.2 Å². The van der Waals surface area contributed by atoms with Crippen LogP contribution in [0.1, 0.15) is 34.8 Å². The molecule has 0 fully saturated rings. The summed E-state index contributed by atoms with van der Waals surface area (Å²) in [5.74, 6) is 1.37. The quantitative estimate of drug-likeness (QED) is 0.803. The summed E-state index contributed by atoms with van der Waals surface area (Å²) >= 11 is 0. The Morgan fingerprint density at radius 2 is 1.76 bits per heavy atom. The molecule has 3 heteroatoms. The normalized spacial score (nSPS) is 13.0. The van der Waals surface area contributed by atoms with Crippen LogP contribution in [0.4, 0.5) is 0 Å². The van der Waals surface area contributed by atoms with E-state index in [0.717, 1.165) is 18.4 Å². The Labute approximate surface area is 124 Å². The highest BCUT2D eigenvalue weighted by molar-refractivity contribution is 6.09. The third kappa shape index (κ3) is 2.92. The number of hydrogen-bond donors (Lipinski definition) is 0. The molecular weight excluding hydrogens is 264 g/mol. The lowest BCUT2D eigenvalue weighted by atomic mass is 9.99. The minimum Gasteiger partial charge on any atom is -0.486 e. The molecule has 1 aliphatic rings. The van der Waals surface area contributed by atoms with Gasteiger partial charge in [0.15, 0.2) is 17.3 Å². The van der Waals surface area contributed by atoms with Crippen LogP contribution in [0.25, 0.3) is 0 Å². The summed E-state index contributed by atoms with van der Waals surface area (Å²) < 4.78 is 11.0. The average Bonchev–Trinajstić information content (AvgIpc) is 2.54. The Morgan fingerprint density at radius 3 is 2.57 bits per heavy atom. The SMILES string of the molecule is CCCc1cccc(C(=O)c2ccc3c(c2)OCCO3)c1. The van der Waals surface area contributed by atoms with Gasteiger partial charge in [-0.05, 0) is 36.2 Å². The molecule has 2 aromatic carbocycles. The van der Waals surface area contributed by atoms with Crippen molar-refractivity contribution in [3.8, 4) is 11.5 Å². The van der Waals surface area contributed by atoms with Crippen LogP contribution in [-0.4, -0.2) is 19.0 Å². The highest BCUT2D eigenvalue weighted by Gasteiger charge is 2.16. The second kappa shape index (κ2) is 6.00. The van der Waals surface area contributed by atoms with Crippen molar-refractivity contribution in [3.05, 3.63) is 59.2 Å². The van der Waals surface area contributed by atoms with Crippen LogP contribution in [0.3, 0.4) is 0 Å². The number of carbonyl (C=O) groups excluding carboxylic acids is 1. The molecule has 2 aromatic rings. The molecule has 0 aliphatic carbocycles. The first-order valence-electron chi connectivity index (χ1n) is 7.31. The third-order valence-electron chi connectivity index (χ3n) is 3.53. The summed E-state index contributed by atoms with van der Waals surface area (Å²) in [6.45, 7) is 3.21. The van der Waals surface area contributed by atoms with Crippen molar-refractivity contribution in [1.82, 2.24) is 0 Å². The molecule has 108 valence electrons. The van der Waals surface area contributed by atoms with Gasteiger partial charge in [0.05, 0.1) is 0 Å². The van der Waals surface area contributed by atoms with Crippen LogP contribution in [-0.2, 0) is 6.42 Å². The van der Waals surface area contributed by atoms with Crippen LogP contribution in [0.15, 0.2) is 42.5 Å². The van der Waals surface area contributed by atoms with Crippen molar-refractivity contribution in [3.63, 3.8) is 0 Å². The molecule has 0 N–H and O–H groups in total. The lowest BCUT2D eigenvalue weighted by molar-refractivity contribution is 0.103. The molecule has 0 radical (unpaired) electrons. The first-order valence-corrected chi connectivity index (χ1v) is 7.31. The summed E-state index contributed by atoms with van der Waals surface area (Å²) in [6.07, 6.45) is 2.06. The Bertz CT molecular complexity index is 661. The Balaban J connectivity index is 1.89. The largest absolute Gasteiger partial charge is 0.486 e. The first-order chi connectivity index (χ1) is 10.3. The van der Waals surface area contributed by atoms with E-state index in [1.165, 1.54) is 5.56 Å². The van der Waals surface area contributed by atoms with Gasteiger partial charge in [0, 0.05) is 11.1 Å². The number of hydrogen-bond acceptors (Lipinski definition) is 3. The van der Waals surface area contributed by atoms with E-state index in [1.54, 1.807) is 18.2 Å². The molecule has 0 saturated heterocycles. The summed E-state index contributed by atoms with van der Waals surface area (Å²) in [5, 5.41) is 0. The van der Waals surface area contributed by atoms with Crippen LogP contribution in [0.5, 0.6) is 11.5 Å². The highest BCUT2D eigenvalue weighted by atomic mass is 16.6. The smallest absolute Gasteiger partial charge is 0.193 e. The van der Waals surface area contributed by atoms with Gasteiger partial charge in [-0.2, -0.15) is 0 Å². The number of ether oxygens (including phenoxy) is 2. The van der Waals surface area contributed by atoms with E-state index in [4.69, 9.17) is 9.47 Å². The summed E-state index contributed by atoms with van der Waals surface area (Å²) in [4.78, 5) is 12.6. The molecule has 0 atom stereocenters. The summed E-state index contributed by atoms with van der Waals surface area (Å²) in [7, 11) is 0. The number of rotatable bonds is 4. The Morgan fingerprint density at radius 1 is 1.00 bits per heavy atom. The van der Waals surface area contributed by atoms with E-state index < -0.39 is 0 Å². The maximum atomic E-state index is 12.6. The number of ketones is 1. The van der Waals surface area contributed by atoms with E-state index in [9.17, 15) is 4.79 Å². The third-order valence-corrected chi connectivity index (χ3v) is 3.53. The predicted molar refractivity (Wildman–Crippen MR) is 81.3 cm³/mol. The minimum atomic E-state index is 0.0185. The fourth-order valence-electron chi connectivity index (χ4n) is 2.51. The molecule has 3 rings (SSSR count). The van der Waals surface area contributed by atoms with Gasteiger partial charge in [-0.15, -0.1) is 0 Å². The molecule has 3 nitrogen and oxygen atoms in total. The zero-order chi connectivity index (χ0) is 14.7. The zero-order valence-electron chi connectivity index (χ0n) is 12.1. The van der Waals surface area contributed by atoms with E-state index >= 15 is 0 Å². The topological polar surface area (TPSA) is 35.5 Å². The molecule has 0 unspecified atom stereocenters. The Kier molecular flexibility index (Phi) is 3.91. The lowest BCUT2D eigenvalue weighted by Gasteiger charge is -2.18. The number of aryl methyl sites for hydroxylation is 1. The van der Waals surface area contributed by atoms with Crippen molar-refractivity contribution in [2.45, 2.75) is 19.8 Å². The van der Waals surface area contributed by atoms with Crippen LogP contribution in [0.2, 0.25) is 0 Å². The van der Waals surface area contributed by atoms with Crippen LogP contribution < -0.4 is 9.47 Å². The standard InChI is InChI=1S/C18H18O3/c1-2-4-13-5-3-6-14(11-13)18(19)15-7-8-16-17(12-15)21-10-9-20-16/h3,5-8,11-12H,2,4,9-10H2,1H3. The van der Waals surface area contributed by atoms with E-state index in [0.29, 0.717) is 30.3 Å². The van der Waals surface area contributed by atoms with Crippen molar-refractivity contribution >= 4 is 5.78 Å². The number of carbonyl (C=O) groups is 1. The molecule has 0 spiro atoms. The lowest BCUT2D eigenvalue weighted by Crippen LogP contribution is -2.15.